The van der Waals surface area contributed by atoms with Crippen LogP contribution in [-0.2, 0) is 0 Å². The van der Waals surface area contributed by atoms with Gasteiger partial charge in [-0.3, -0.25) is 0 Å². The summed E-state index contributed by atoms with van der Waals surface area (Å²) in [4.78, 5) is 0. The largest absolute Gasteiger partial charge is 0.491 e. The second-order valence-corrected chi connectivity index (χ2v) is 5.00. The molecule has 3 nitrogen and oxygen atoms in total. The van der Waals surface area contributed by atoms with Gasteiger partial charge in [-0.15, -0.1) is 0 Å². The first-order valence-corrected chi connectivity index (χ1v) is 6.64. The molecule has 17 heavy (non-hydrogen) atoms. The zero-order valence-electron chi connectivity index (χ0n) is 10.3. The van der Waals surface area contributed by atoms with Crippen molar-refractivity contribution in [2.24, 2.45) is 5.92 Å². The lowest BCUT2D eigenvalue weighted by molar-refractivity contribution is 0.318. The van der Waals surface area contributed by atoms with Crippen molar-refractivity contribution in [3.8, 4) is 5.75 Å². The van der Waals surface area contributed by atoms with Crippen LogP contribution in [0, 0.1) is 5.92 Å². The van der Waals surface area contributed by atoms with Gasteiger partial charge < -0.3 is 15.4 Å². The number of nitrogens with one attached hydrogen (secondary N) is 2. The molecule has 0 aromatic heterocycles. The molecule has 2 aliphatic rings. The van der Waals surface area contributed by atoms with Crippen LogP contribution in [0.3, 0.4) is 0 Å². The van der Waals surface area contributed by atoms with Crippen LogP contribution in [0.5, 0.6) is 5.75 Å². The summed E-state index contributed by atoms with van der Waals surface area (Å²) in [5.41, 5.74) is 2.33. The molecule has 1 saturated carbocycles. The first-order chi connectivity index (χ1) is 8.38. The van der Waals surface area contributed by atoms with Crippen molar-refractivity contribution in [1.82, 2.24) is 0 Å². The van der Waals surface area contributed by atoms with Gasteiger partial charge in [0.1, 0.15) is 11.4 Å². The highest BCUT2D eigenvalue weighted by Crippen LogP contribution is 2.41. The molecule has 3 rings (SSSR count). The Labute approximate surface area is 103 Å². The Morgan fingerprint density at radius 1 is 1.35 bits per heavy atom. The minimum absolute atomic E-state index is 0.601. The van der Waals surface area contributed by atoms with E-state index in [2.05, 4.69) is 29.7 Å². The van der Waals surface area contributed by atoms with Gasteiger partial charge in [-0.1, -0.05) is 13.0 Å². The van der Waals surface area contributed by atoms with E-state index in [9.17, 15) is 0 Å². The molecular weight excluding hydrogens is 212 g/mol. The van der Waals surface area contributed by atoms with Gasteiger partial charge in [0.05, 0.1) is 12.3 Å². The molecule has 1 aliphatic heterocycles. The van der Waals surface area contributed by atoms with E-state index >= 15 is 0 Å². The fourth-order valence-corrected chi connectivity index (χ4v) is 2.41. The topological polar surface area (TPSA) is 33.3 Å². The number of hydrogen-bond acceptors (Lipinski definition) is 3. The molecule has 1 unspecified atom stereocenters. The minimum Gasteiger partial charge on any atom is -0.491 e. The van der Waals surface area contributed by atoms with Crippen LogP contribution >= 0.6 is 0 Å². The summed E-state index contributed by atoms with van der Waals surface area (Å²) in [5, 5.41) is 7.16. The fraction of sp³-hybridized carbons (Fsp3) is 0.571. The first kappa shape index (κ1) is 10.8. The number of anilines is 2. The number of benzene rings is 1. The number of rotatable bonds is 4. The normalized spacial score (nSPS) is 22.3. The van der Waals surface area contributed by atoms with Crippen LogP contribution in [0.2, 0.25) is 0 Å². The van der Waals surface area contributed by atoms with Crippen molar-refractivity contribution >= 4 is 11.4 Å². The second kappa shape index (κ2) is 4.47. The number of ether oxygens (including phenoxy) is 1. The summed E-state index contributed by atoms with van der Waals surface area (Å²) in [6.07, 6.45) is 3.79. The Bertz CT molecular complexity index is 401. The molecule has 1 aromatic carbocycles. The van der Waals surface area contributed by atoms with E-state index in [4.69, 9.17) is 4.74 Å². The predicted molar refractivity (Wildman–Crippen MR) is 70.9 cm³/mol. The quantitative estimate of drug-likeness (QED) is 0.837. The van der Waals surface area contributed by atoms with Gasteiger partial charge in [-0.05, 0) is 37.3 Å². The van der Waals surface area contributed by atoms with E-state index in [1.807, 2.05) is 6.07 Å². The van der Waals surface area contributed by atoms with Gasteiger partial charge in [0.25, 0.3) is 0 Å². The van der Waals surface area contributed by atoms with Gasteiger partial charge in [0.2, 0.25) is 0 Å². The minimum atomic E-state index is 0.601. The molecule has 2 N–H and O–H groups in total. The zero-order chi connectivity index (χ0) is 11.7. The molecule has 92 valence electrons. The molecule has 0 saturated heterocycles. The van der Waals surface area contributed by atoms with Crippen molar-refractivity contribution < 1.29 is 4.74 Å². The molecule has 0 radical (unpaired) electrons. The molecule has 1 atom stereocenters. The lowest BCUT2D eigenvalue weighted by Gasteiger charge is -2.29. The van der Waals surface area contributed by atoms with E-state index in [0.717, 1.165) is 36.9 Å². The molecule has 1 aliphatic carbocycles. The Hall–Kier alpha value is -1.38. The van der Waals surface area contributed by atoms with Crippen LogP contribution in [0.1, 0.15) is 26.2 Å². The van der Waals surface area contributed by atoms with Crippen molar-refractivity contribution in [3.63, 3.8) is 0 Å². The third-order valence-electron chi connectivity index (χ3n) is 3.52. The molecule has 0 spiro atoms. The SMILES string of the molecule is CCCOc1cccc2c1NCC(C1CC1)N2. The Kier molecular flexibility index (Phi) is 2.83. The highest BCUT2D eigenvalue weighted by Gasteiger charge is 2.33. The average Bonchev–Trinajstić information content (AvgIpc) is 3.19. The van der Waals surface area contributed by atoms with E-state index < -0.39 is 0 Å². The summed E-state index contributed by atoms with van der Waals surface area (Å²) in [6, 6.07) is 6.84. The predicted octanol–water partition coefficient (Wildman–Crippen LogP) is 3.09. The molecule has 3 heteroatoms. The molecule has 1 aromatic rings. The fourth-order valence-electron chi connectivity index (χ4n) is 2.41. The van der Waals surface area contributed by atoms with E-state index in [1.54, 1.807) is 0 Å². The smallest absolute Gasteiger partial charge is 0.144 e. The maximum Gasteiger partial charge on any atom is 0.144 e. The summed E-state index contributed by atoms with van der Waals surface area (Å²) >= 11 is 0. The van der Waals surface area contributed by atoms with Crippen LogP contribution in [-0.4, -0.2) is 19.2 Å². The Balaban J connectivity index is 1.78. The summed E-state index contributed by atoms with van der Waals surface area (Å²) in [7, 11) is 0. The van der Waals surface area contributed by atoms with Crippen molar-refractivity contribution in [2.45, 2.75) is 32.2 Å². The lowest BCUT2D eigenvalue weighted by Crippen LogP contribution is -2.34. The summed E-state index contributed by atoms with van der Waals surface area (Å²) in [6.45, 7) is 3.93. The van der Waals surface area contributed by atoms with Gasteiger partial charge in [0, 0.05) is 12.6 Å². The van der Waals surface area contributed by atoms with Gasteiger partial charge in [-0.25, -0.2) is 0 Å². The van der Waals surface area contributed by atoms with Gasteiger partial charge >= 0.3 is 0 Å². The molecule has 1 heterocycles. The van der Waals surface area contributed by atoms with Crippen LogP contribution in [0.4, 0.5) is 11.4 Å². The molecule has 0 amide bonds. The molecular formula is C14H20N2O. The van der Waals surface area contributed by atoms with Crippen LogP contribution in [0.15, 0.2) is 18.2 Å². The molecule has 1 fully saturated rings. The zero-order valence-corrected chi connectivity index (χ0v) is 10.3. The van der Waals surface area contributed by atoms with E-state index in [0.29, 0.717) is 6.04 Å². The standard InChI is InChI=1S/C14H20N2O/c1-2-8-17-13-5-3-4-11-14(13)15-9-12(16-11)10-6-7-10/h3-5,10,12,15-16H,2,6-9H2,1H3. The maximum atomic E-state index is 5.76. The van der Waals surface area contributed by atoms with E-state index in [-0.39, 0.29) is 0 Å². The van der Waals surface area contributed by atoms with Crippen molar-refractivity contribution in [3.05, 3.63) is 18.2 Å². The van der Waals surface area contributed by atoms with Gasteiger partial charge in [0.15, 0.2) is 0 Å². The monoisotopic (exact) mass is 232 g/mol. The third-order valence-corrected chi connectivity index (χ3v) is 3.52. The number of hydrogen-bond donors (Lipinski definition) is 2. The number of fused-ring (bicyclic) bond motifs is 1. The number of para-hydroxylation sites is 1. The maximum absolute atomic E-state index is 5.76. The van der Waals surface area contributed by atoms with Crippen LogP contribution in [0.25, 0.3) is 0 Å². The molecule has 0 bridgehead atoms. The lowest BCUT2D eigenvalue weighted by atomic mass is 10.1. The van der Waals surface area contributed by atoms with Crippen LogP contribution < -0.4 is 15.4 Å². The second-order valence-electron chi connectivity index (χ2n) is 5.00. The van der Waals surface area contributed by atoms with Crippen molar-refractivity contribution in [2.75, 3.05) is 23.8 Å². The van der Waals surface area contributed by atoms with Crippen molar-refractivity contribution in [1.29, 1.82) is 0 Å². The Morgan fingerprint density at radius 2 is 2.24 bits per heavy atom. The Morgan fingerprint density at radius 3 is 3.00 bits per heavy atom. The third kappa shape index (κ3) is 2.19. The summed E-state index contributed by atoms with van der Waals surface area (Å²) in [5.74, 6) is 1.85. The highest BCUT2D eigenvalue weighted by atomic mass is 16.5. The first-order valence-electron chi connectivity index (χ1n) is 6.64. The highest BCUT2D eigenvalue weighted by molar-refractivity contribution is 5.77. The average molecular weight is 232 g/mol. The summed E-state index contributed by atoms with van der Waals surface area (Å²) < 4.78 is 5.76. The van der Waals surface area contributed by atoms with E-state index in [1.165, 1.54) is 18.5 Å². The van der Waals surface area contributed by atoms with Gasteiger partial charge in [-0.2, -0.15) is 0 Å².